The molecule has 39 heavy (non-hydrogen) atoms. The fourth-order valence-corrected chi connectivity index (χ4v) is 3.27. The van der Waals surface area contributed by atoms with Crippen LogP contribution in [0.2, 0.25) is 0 Å². The van der Waals surface area contributed by atoms with Crippen molar-refractivity contribution in [3.05, 3.63) is 131 Å². The highest BCUT2D eigenvalue weighted by Gasteiger charge is 2.02. The molecule has 0 radical (unpaired) electrons. The highest BCUT2D eigenvalue weighted by Crippen LogP contribution is 2.22. The van der Waals surface area contributed by atoms with Crippen molar-refractivity contribution in [2.75, 3.05) is 0 Å². The van der Waals surface area contributed by atoms with E-state index in [1.54, 1.807) is 12.2 Å². The van der Waals surface area contributed by atoms with Gasteiger partial charge in [-0.2, -0.15) is 9.98 Å². The summed E-state index contributed by atoms with van der Waals surface area (Å²) in [5.41, 5.74) is 5.88. The number of rotatable bonds is 6. The van der Waals surface area contributed by atoms with Gasteiger partial charge >= 0.3 is 0 Å². The van der Waals surface area contributed by atoms with Crippen LogP contribution in [0.25, 0.3) is 0 Å². The number of hydrogen-bond donors (Lipinski definition) is 2. The van der Waals surface area contributed by atoms with Gasteiger partial charge in [-0.25, -0.2) is 30.0 Å². The fourth-order valence-electron chi connectivity index (χ4n) is 3.27. The summed E-state index contributed by atoms with van der Waals surface area (Å²) >= 11 is 0. The highest BCUT2D eigenvalue weighted by atomic mass is 16.1. The van der Waals surface area contributed by atoms with Gasteiger partial charge in [-0.15, -0.1) is 0 Å². The molecule has 0 bridgehead atoms. The molecule has 196 valence electrons. The van der Waals surface area contributed by atoms with Crippen LogP contribution in [0.1, 0.15) is 29.7 Å². The van der Waals surface area contributed by atoms with Crippen molar-refractivity contribution in [1.29, 1.82) is 10.8 Å². The van der Waals surface area contributed by atoms with E-state index in [1.807, 2.05) is 84.9 Å². The average Bonchev–Trinajstić information content (AvgIpc) is 2.94. The molecular formula is C31H28N4O4. The molecule has 4 aromatic rings. The molecule has 8 heteroatoms. The van der Waals surface area contributed by atoms with Crippen LogP contribution >= 0.6 is 0 Å². The molecule has 0 atom stereocenters. The van der Waals surface area contributed by atoms with Crippen LogP contribution < -0.4 is 0 Å². The maximum absolute atomic E-state index is 10.3. The monoisotopic (exact) mass is 520 g/mol. The van der Waals surface area contributed by atoms with E-state index in [0.717, 1.165) is 36.1 Å². The number of para-hydroxylation sites is 2. The summed E-state index contributed by atoms with van der Waals surface area (Å²) in [6.07, 6.45) is 6.23. The summed E-state index contributed by atoms with van der Waals surface area (Å²) in [7, 11) is 0. The molecule has 0 heterocycles. The van der Waals surface area contributed by atoms with Crippen LogP contribution in [-0.4, -0.2) is 24.3 Å². The van der Waals surface area contributed by atoms with Crippen LogP contribution in [0.5, 0.6) is 0 Å². The zero-order valence-electron chi connectivity index (χ0n) is 20.3. The minimum atomic E-state index is 0. The Morgan fingerprint density at radius 3 is 1.08 bits per heavy atom. The normalized spacial score (nSPS) is 8.21. The van der Waals surface area contributed by atoms with Crippen LogP contribution in [0.3, 0.4) is 0 Å². The molecule has 4 aromatic carbocycles. The summed E-state index contributed by atoms with van der Waals surface area (Å²) in [5.74, 6) is 0. The molecule has 0 aromatic heterocycles. The summed E-state index contributed by atoms with van der Waals surface area (Å²) in [4.78, 5) is 44.7. The van der Waals surface area contributed by atoms with Crippen molar-refractivity contribution >= 4 is 35.7 Å². The molecule has 8 nitrogen and oxygen atoms in total. The van der Waals surface area contributed by atoms with E-state index in [4.69, 9.17) is 20.4 Å². The van der Waals surface area contributed by atoms with Gasteiger partial charge in [0.1, 0.15) is 0 Å². The van der Waals surface area contributed by atoms with Gasteiger partial charge in [0, 0.05) is 0 Å². The Morgan fingerprint density at radius 2 is 0.769 bits per heavy atom. The molecule has 0 unspecified atom stereocenters. The molecule has 0 amide bonds. The topological polar surface area (TPSA) is 141 Å². The zero-order chi connectivity index (χ0) is 27.8. The van der Waals surface area contributed by atoms with Crippen molar-refractivity contribution in [3.8, 4) is 0 Å². The average molecular weight is 521 g/mol. The SMILES string of the molecule is C.N=C=O.N=C=O.O=C=Nc1ccccc1Cc1ccccc1.O=C=Nc1ccccc1Cc1ccccc1. The lowest BCUT2D eigenvalue weighted by molar-refractivity contribution is 0.562. The van der Waals surface area contributed by atoms with Gasteiger partial charge in [-0.3, -0.25) is 0 Å². The van der Waals surface area contributed by atoms with Crippen molar-refractivity contribution in [3.63, 3.8) is 0 Å². The van der Waals surface area contributed by atoms with Gasteiger partial charge in [0.25, 0.3) is 0 Å². The number of isocyanates is 4. The van der Waals surface area contributed by atoms with Gasteiger partial charge in [0.05, 0.1) is 11.4 Å². The van der Waals surface area contributed by atoms with E-state index in [2.05, 4.69) is 34.3 Å². The Kier molecular flexibility index (Phi) is 18.6. The lowest BCUT2D eigenvalue weighted by Gasteiger charge is -2.03. The molecule has 4 rings (SSSR count). The molecule has 0 saturated carbocycles. The summed E-state index contributed by atoms with van der Waals surface area (Å²) in [6.45, 7) is 0. The molecular weight excluding hydrogens is 492 g/mol. The number of nitrogens with one attached hydrogen (secondary N) is 2. The van der Waals surface area contributed by atoms with E-state index < -0.39 is 0 Å². The predicted molar refractivity (Wildman–Crippen MR) is 151 cm³/mol. The fraction of sp³-hybridized carbons (Fsp3) is 0.0968. The van der Waals surface area contributed by atoms with Gasteiger partial charge in [0.15, 0.2) is 0 Å². The summed E-state index contributed by atoms with van der Waals surface area (Å²) in [6, 6.07) is 35.4. The Morgan fingerprint density at radius 1 is 0.487 bits per heavy atom. The summed E-state index contributed by atoms with van der Waals surface area (Å²) in [5, 5.41) is 10.8. The van der Waals surface area contributed by atoms with Gasteiger partial charge < -0.3 is 0 Å². The first kappa shape index (κ1) is 33.4. The van der Waals surface area contributed by atoms with Crippen molar-refractivity contribution in [1.82, 2.24) is 0 Å². The quantitative estimate of drug-likeness (QED) is 0.210. The minimum Gasteiger partial charge on any atom is -0.222 e. The van der Waals surface area contributed by atoms with Crippen LogP contribution in [0.15, 0.2) is 119 Å². The number of hydrogen-bond acceptors (Lipinski definition) is 8. The molecule has 0 aliphatic rings. The zero-order valence-corrected chi connectivity index (χ0v) is 20.3. The molecule has 2 N–H and O–H groups in total. The Labute approximate surface area is 227 Å². The van der Waals surface area contributed by atoms with E-state index in [0.29, 0.717) is 11.4 Å². The van der Waals surface area contributed by atoms with Gasteiger partial charge in [-0.1, -0.05) is 104 Å². The minimum absolute atomic E-state index is 0. The second kappa shape index (κ2) is 21.7. The highest BCUT2D eigenvalue weighted by molar-refractivity contribution is 5.55. The lowest BCUT2D eigenvalue weighted by atomic mass is 10.0. The third-order valence-electron chi connectivity index (χ3n) is 4.79. The van der Waals surface area contributed by atoms with Gasteiger partial charge in [-0.05, 0) is 47.2 Å². The predicted octanol–water partition coefficient (Wildman–Crippen LogP) is 6.93. The number of benzene rings is 4. The van der Waals surface area contributed by atoms with Crippen LogP contribution in [0, 0.1) is 10.8 Å². The first-order valence-corrected chi connectivity index (χ1v) is 11.1. The Balaban J connectivity index is 0.000000604. The third-order valence-corrected chi connectivity index (χ3v) is 4.79. The first-order valence-electron chi connectivity index (χ1n) is 11.1. The number of aliphatic imine (C=N–C) groups is 2. The number of nitrogens with zero attached hydrogens (tertiary/aromatic N) is 2. The second-order valence-corrected chi connectivity index (χ2v) is 7.19. The van der Waals surface area contributed by atoms with Crippen molar-refractivity contribution < 1.29 is 19.2 Å². The first-order chi connectivity index (χ1) is 18.6. The molecule has 0 fully saturated rings. The Hall–Kier alpha value is -5.60. The molecule has 0 spiro atoms. The van der Waals surface area contributed by atoms with E-state index in [1.165, 1.54) is 11.1 Å². The second-order valence-electron chi connectivity index (χ2n) is 7.19. The lowest BCUT2D eigenvalue weighted by Crippen LogP contribution is -1.87. The van der Waals surface area contributed by atoms with Gasteiger partial charge in [0.2, 0.25) is 24.3 Å². The Bertz CT molecular complexity index is 1300. The van der Waals surface area contributed by atoms with E-state index in [9.17, 15) is 9.59 Å². The van der Waals surface area contributed by atoms with Crippen molar-refractivity contribution in [2.45, 2.75) is 20.3 Å². The van der Waals surface area contributed by atoms with Crippen LogP contribution in [-0.2, 0) is 32.0 Å². The number of carbonyl (C=O) groups excluding carboxylic acids is 4. The smallest absolute Gasteiger partial charge is 0.222 e. The summed E-state index contributed by atoms with van der Waals surface area (Å²) < 4.78 is 0. The van der Waals surface area contributed by atoms with E-state index in [-0.39, 0.29) is 7.43 Å². The standard InChI is InChI=1S/2C14H11NO.2CHNO.CH4/c2*16-11-15-14-9-5-4-8-13(14)10-12-6-2-1-3-7-12;2*2-1-3;/h2*1-9H,10H2;2*2H;1H4. The largest absolute Gasteiger partial charge is 0.240 e. The maximum Gasteiger partial charge on any atom is 0.240 e. The third kappa shape index (κ3) is 13.9. The van der Waals surface area contributed by atoms with Crippen molar-refractivity contribution in [2.24, 2.45) is 9.98 Å². The van der Waals surface area contributed by atoms with E-state index >= 15 is 0 Å². The molecule has 0 aliphatic carbocycles. The molecule has 0 aliphatic heterocycles. The maximum atomic E-state index is 10.3. The molecule has 0 saturated heterocycles. The van der Waals surface area contributed by atoms with Crippen LogP contribution in [0.4, 0.5) is 11.4 Å².